The molecule has 0 aliphatic rings. The molecule has 0 rings (SSSR count). The van der Waals surface area contributed by atoms with Gasteiger partial charge in [0.05, 0.1) is 0 Å². The summed E-state index contributed by atoms with van der Waals surface area (Å²) < 4.78 is 0. The Kier molecular flexibility index (Phi) is 10.4. The van der Waals surface area contributed by atoms with Crippen molar-refractivity contribution in [3.63, 3.8) is 0 Å². The van der Waals surface area contributed by atoms with Crippen molar-refractivity contribution in [2.45, 2.75) is 6.92 Å². The Morgan fingerprint density at radius 1 is 1.25 bits per heavy atom. The van der Waals surface area contributed by atoms with Crippen LogP contribution in [0.1, 0.15) is 6.92 Å². The summed E-state index contributed by atoms with van der Waals surface area (Å²) in [6.07, 6.45) is 5.35. The minimum Gasteiger partial charge on any atom is -0.360 e. The minimum absolute atomic E-state index is 0.826. The highest BCUT2D eigenvalue weighted by molar-refractivity contribution is 5.19. The van der Waals surface area contributed by atoms with E-state index in [0.717, 1.165) is 11.4 Å². The number of allylic oxidation sites excluding steroid dienone is 4. The molecule has 0 radical (unpaired) electrons. The molecule has 66 valence electrons. The van der Waals surface area contributed by atoms with E-state index in [1.54, 1.807) is 6.08 Å². The molecule has 0 aliphatic carbocycles. The number of nitrogens with one attached hydrogen (secondary N) is 1. The first kappa shape index (κ1) is 13.1. The second kappa shape index (κ2) is 9.50. The topological polar surface area (TPSA) is 12.0 Å². The highest BCUT2D eigenvalue weighted by atomic mass is 14.9. The van der Waals surface area contributed by atoms with Crippen LogP contribution in [0.2, 0.25) is 0 Å². The maximum absolute atomic E-state index is 3.73. The number of hydrogen-bond acceptors (Lipinski definition) is 1. The smallest absolute Gasteiger partial charge is 0.0308 e. The molecule has 0 fully saturated rings. The third kappa shape index (κ3) is 11.3. The third-order valence-corrected chi connectivity index (χ3v) is 0.807. The Balaban J connectivity index is 0. The summed E-state index contributed by atoms with van der Waals surface area (Å²) in [5, 5.41) is 2.95. The summed E-state index contributed by atoms with van der Waals surface area (Å²) in [5.74, 6) is 0. The van der Waals surface area contributed by atoms with E-state index in [1.165, 1.54) is 0 Å². The van der Waals surface area contributed by atoms with Crippen LogP contribution in [0.5, 0.6) is 0 Å². The van der Waals surface area contributed by atoms with E-state index in [0.29, 0.717) is 0 Å². The predicted molar refractivity (Wildman–Crippen MR) is 57.7 cm³/mol. The fourth-order valence-electron chi connectivity index (χ4n) is 0.500. The predicted octanol–water partition coefficient (Wildman–Crippen LogP) is 3.17. The molecule has 0 aromatic carbocycles. The largest absolute Gasteiger partial charge is 0.360 e. The Labute approximate surface area is 75.5 Å². The van der Waals surface area contributed by atoms with Crippen LogP contribution >= 0.6 is 0 Å². The van der Waals surface area contributed by atoms with Gasteiger partial charge in [-0.25, -0.2) is 0 Å². The lowest BCUT2D eigenvalue weighted by atomic mass is 10.4. The Hall–Kier alpha value is -1.50. The molecular weight excluding hydrogens is 146 g/mol. The van der Waals surface area contributed by atoms with Crippen molar-refractivity contribution >= 4 is 0 Å². The maximum atomic E-state index is 3.73. The summed E-state index contributed by atoms with van der Waals surface area (Å²) in [5.41, 5.74) is 1.71. The molecule has 1 heteroatoms. The molecule has 0 amide bonds. The molecule has 0 saturated heterocycles. The summed E-state index contributed by atoms with van der Waals surface area (Å²) in [6, 6.07) is 0. The van der Waals surface area contributed by atoms with Gasteiger partial charge in [-0.1, -0.05) is 31.9 Å². The molecule has 0 heterocycles. The van der Waals surface area contributed by atoms with E-state index >= 15 is 0 Å². The van der Waals surface area contributed by atoms with Crippen LogP contribution in [0, 0.1) is 0 Å². The van der Waals surface area contributed by atoms with E-state index in [1.807, 2.05) is 19.1 Å². The zero-order chi connectivity index (χ0) is 9.98. The van der Waals surface area contributed by atoms with Crippen molar-refractivity contribution in [3.8, 4) is 0 Å². The van der Waals surface area contributed by atoms with Crippen molar-refractivity contribution in [3.05, 3.63) is 62.5 Å². The van der Waals surface area contributed by atoms with Crippen molar-refractivity contribution in [1.29, 1.82) is 0 Å². The van der Waals surface area contributed by atoms with Gasteiger partial charge < -0.3 is 5.32 Å². The van der Waals surface area contributed by atoms with Gasteiger partial charge in [-0.2, -0.15) is 0 Å². The number of hydrogen-bond donors (Lipinski definition) is 1. The normalized spacial score (nSPS) is 8.08. The monoisotopic (exact) mass is 163 g/mol. The van der Waals surface area contributed by atoms with Gasteiger partial charge in [0.1, 0.15) is 0 Å². The van der Waals surface area contributed by atoms with Gasteiger partial charge in [-0.15, -0.1) is 13.2 Å². The first-order chi connectivity index (χ1) is 5.66. The second-order valence-electron chi connectivity index (χ2n) is 2.03. The average Bonchev–Trinajstić information content (AvgIpc) is 2.03. The number of rotatable bonds is 4. The van der Waals surface area contributed by atoms with Gasteiger partial charge in [0.25, 0.3) is 0 Å². The average molecular weight is 163 g/mol. The lowest BCUT2D eigenvalue weighted by Gasteiger charge is -2.01. The Morgan fingerprint density at radius 3 is 2.08 bits per heavy atom. The zero-order valence-electron chi connectivity index (χ0n) is 7.77. The quantitative estimate of drug-likeness (QED) is 0.496. The molecule has 0 atom stereocenters. The van der Waals surface area contributed by atoms with Crippen LogP contribution in [0.25, 0.3) is 0 Å². The highest BCUT2D eigenvalue weighted by Crippen LogP contribution is 1.91. The summed E-state index contributed by atoms with van der Waals surface area (Å²) in [7, 11) is 0. The first-order valence-electron chi connectivity index (χ1n) is 3.57. The van der Waals surface area contributed by atoms with Crippen molar-refractivity contribution in [2.75, 3.05) is 0 Å². The summed E-state index contributed by atoms with van der Waals surface area (Å²) >= 11 is 0. The molecule has 1 nitrogen and oxygen atoms in total. The molecule has 12 heavy (non-hydrogen) atoms. The van der Waals surface area contributed by atoms with E-state index in [2.05, 4.69) is 38.2 Å². The molecular formula is C11H17N. The van der Waals surface area contributed by atoms with Crippen molar-refractivity contribution < 1.29 is 0 Å². The van der Waals surface area contributed by atoms with Crippen molar-refractivity contribution in [1.82, 2.24) is 5.32 Å². The fourth-order valence-corrected chi connectivity index (χ4v) is 0.500. The van der Waals surface area contributed by atoms with Crippen LogP contribution in [0.4, 0.5) is 0 Å². The van der Waals surface area contributed by atoms with Gasteiger partial charge in [0.2, 0.25) is 0 Å². The van der Waals surface area contributed by atoms with E-state index in [4.69, 9.17) is 0 Å². The lowest BCUT2D eigenvalue weighted by molar-refractivity contribution is 1.02. The summed E-state index contributed by atoms with van der Waals surface area (Å²) in [6.45, 7) is 18.8. The molecule has 0 aliphatic heterocycles. The molecule has 0 aromatic rings. The van der Waals surface area contributed by atoms with Crippen LogP contribution in [0.3, 0.4) is 0 Å². The van der Waals surface area contributed by atoms with Gasteiger partial charge >= 0.3 is 0 Å². The van der Waals surface area contributed by atoms with E-state index in [9.17, 15) is 0 Å². The van der Waals surface area contributed by atoms with Gasteiger partial charge in [0.15, 0.2) is 0 Å². The fraction of sp³-hybridized carbons (Fsp3) is 0.0909. The SMILES string of the molecule is C=C.C=C/C=C\C(=C)NC(=C)C. The molecule has 0 bridgehead atoms. The maximum Gasteiger partial charge on any atom is 0.0308 e. The van der Waals surface area contributed by atoms with E-state index in [-0.39, 0.29) is 0 Å². The van der Waals surface area contributed by atoms with Gasteiger partial charge in [0, 0.05) is 11.4 Å². The molecule has 1 N–H and O–H groups in total. The Bertz CT molecular complexity index is 187. The second-order valence-corrected chi connectivity index (χ2v) is 2.03. The zero-order valence-corrected chi connectivity index (χ0v) is 7.77. The first-order valence-corrected chi connectivity index (χ1v) is 3.57. The van der Waals surface area contributed by atoms with Crippen molar-refractivity contribution in [2.24, 2.45) is 0 Å². The van der Waals surface area contributed by atoms with Crippen LogP contribution in [-0.4, -0.2) is 0 Å². The molecule has 0 aromatic heterocycles. The van der Waals surface area contributed by atoms with Gasteiger partial charge in [-0.3, -0.25) is 0 Å². The lowest BCUT2D eigenvalue weighted by Crippen LogP contribution is -2.05. The Morgan fingerprint density at radius 2 is 1.75 bits per heavy atom. The van der Waals surface area contributed by atoms with Crippen LogP contribution in [0.15, 0.2) is 62.5 Å². The van der Waals surface area contributed by atoms with E-state index < -0.39 is 0 Å². The standard InChI is InChI=1S/C9H13N.C2H4/c1-5-6-7-9(4)10-8(2)3;1-2/h5-7,10H,1-2,4H2,3H3;1-2H2/b7-6-;. The highest BCUT2D eigenvalue weighted by Gasteiger charge is 1.82. The summed E-state index contributed by atoms with van der Waals surface area (Å²) in [4.78, 5) is 0. The third-order valence-electron chi connectivity index (χ3n) is 0.807. The molecule has 0 spiro atoms. The molecule has 0 unspecified atom stereocenters. The minimum atomic E-state index is 0.826. The van der Waals surface area contributed by atoms with Gasteiger partial charge in [-0.05, 0) is 13.0 Å². The molecule has 0 saturated carbocycles. The van der Waals surface area contributed by atoms with Crippen LogP contribution in [-0.2, 0) is 0 Å². The van der Waals surface area contributed by atoms with Crippen LogP contribution < -0.4 is 5.32 Å².